The number of anilines is 1. The Hall–Kier alpha value is -2.30. The Morgan fingerprint density at radius 2 is 2.05 bits per heavy atom. The number of nitrogens with zero attached hydrogens (tertiary/aromatic N) is 1. The van der Waals surface area contributed by atoms with Crippen molar-refractivity contribution in [3.8, 4) is 6.07 Å². The van der Waals surface area contributed by atoms with Crippen molar-refractivity contribution in [3.05, 3.63) is 47.4 Å². The monoisotopic (exact) mass is 305 g/mol. The number of nitrogens with one attached hydrogen (secondary N) is 1. The molecule has 3 N–H and O–H groups in total. The zero-order valence-corrected chi connectivity index (χ0v) is 12.4. The average Bonchev–Trinajstić information content (AvgIpc) is 2.84. The van der Waals surface area contributed by atoms with Crippen molar-refractivity contribution < 1.29 is 12.8 Å². The van der Waals surface area contributed by atoms with Crippen LogP contribution in [0.1, 0.15) is 30.0 Å². The fourth-order valence-electron chi connectivity index (χ4n) is 1.90. The third-order valence-electron chi connectivity index (χ3n) is 2.95. The van der Waals surface area contributed by atoms with Gasteiger partial charge in [-0.3, -0.25) is 0 Å². The van der Waals surface area contributed by atoms with E-state index in [9.17, 15) is 8.42 Å². The summed E-state index contributed by atoms with van der Waals surface area (Å²) in [7, 11) is -3.80. The molecule has 7 heteroatoms. The summed E-state index contributed by atoms with van der Waals surface area (Å²) >= 11 is 0. The van der Waals surface area contributed by atoms with E-state index in [1.165, 1.54) is 18.2 Å². The van der Waals surface area contributed by atoms with E-state index in [0.29, 0.717) is 17.1 Å². The molecule has 2 rings (SSSR count). The van der Waals surface area contributed by atoms with Crippen LogP contribution >= 0.6 is 0 Å². The molecule has 110 valence electrons. The van der Waals surface area contributed by atoms with Crippen molar-refractivity contribution in [2.75, 3.05) is 5.73 Å². The van der Waals surface area contributed by atoms with Gasteiger partial charge < -0.3 is 10.2 Å². The molecular formula is C14H15N3O3S. The molecule has 1 aromatic carbocycles. The fourth-order valence-corrected chi connectivity index (χ4v) is 3.23. The van der Waals surface area contributed by atoms with E-state index in [1.54, 1.807) is 26.0 Å². The van der Waals surface area contributed by atoms with Crippen molar-refractivity contribution in [2.45, 2.75) is 24.8 Å². The van der Waals surface area contributed by atoms with Crippen molar-refractivity contribution in [3.63, 3.8) is 0 Å². The minimum atomic E-state index is -3.80. The number of hydrogen-bond acceptors (Lipinski definition) is 5. The highest BCUT2D eigenvalue weighted by Crippen LogP contribution is 2.23. The molecule has 0 amide bonds. The molecule has 2 aromatic rings. The lowest BCUT2D eigenvalue weighted by Gasteiger charge is -2.13. The lowest BCUT2D eigenvalue weighted by molar-refractivity contribution is 0.441. The molecule has 6 nitrogen and oxygen atoms in total. The normalized spacial score (nSPS) is 12.8. The summed E-state index contributed by atoms with van der Waals surface area (Å²) < 4.78 is 32.5. The van der Waals surface area contributed by atoms with E-state index in [-0.39, 0.29) is 10.6 Å². The van der Waals surface area contributed by atoms with Gasteiger partial charge in [0.2, 0.25) is 10.0 Å². The summed E-state index contributed by atoms with van der Waals surface area (Å²) in [6.07, 6.45) is 0. The maximum Gasteiger partial charge on any atom is 0.243 e. The van der Waals surface area contributed by atoms with Gasteiger partial charge in [0.25, 0.3) is 0 Å². The fraction of sp³-hybridized carbons (Fsp3) is 0.214. The third-order valence-corrected chi connectivity index (χ3v) is 4.56. The van der Waals surface area contributed by atoms with Crippen LogP contribution < -0.4 is 10.5 Å². The second kappa shape index (κ2) is 5.60. The van der Waals surface area contributed by atoms with E-state index >= 15 is 0 Å². The molecule has 0 radical (unpaired) electrons. The van der Waals surface area contributed by atoms with E-state index in [2.05, 4.69) is 4.72 Å². The first-order valence-electron chi connectivity index (χ1n) is 6.22. The molecular weight excluding hydrogens is 290 g/mol. The van der Waals surface area contributed by atoms with Gasteiger partial charge in [0.1, 0.15) is 16.4 Å². The second-order valence-corrected chi connectivity index (χ2v) is 6.34. The molecule has 1 atom stereocenters. The number of nitriles is 1. The number of hydrogen-bond donors (Lipinski definition) is 2. The smallest absolute Gasteiger partial charge is 0.243 e. The lowest BCUT2D eigenvalue weighted by Crippen LogP contribution is -2.27. The Balaban J connectivity index is 2.28. The Bertz CT molecular complexity index is 803. The predicted octanol–water partition coefficient (Wildman–Crippen LogP) is 2.08. The summed E-state index contributed by atoms with van der Waals surface area (Å²) in [5.41, 5.74) is 6.05. The highest BCUT2D eigenvalue weighted by atomic mass is 32.2. The average molecular weight is 305 g/mol. The Morgan fingerprint density at radius 1 is 1.33 bits per heavy atom. The first-order chi connectivity index (χ1) is 9.83. The molecule has 0 bridgehead atoms. The van der Waals surface area contributed by atoms with Crippen LogP contribution in [0, 0.1) is 18.3 Å². The van der Waals surface area contributed by atoms with Crippen LogP contribution in [0.5, 0.6) is 0 Å². The van der Waals surface area contributed by atoms with Gasteiger partial charge in [-0.05, 0) is 44.2 Å². The topological polar surface area (TPSA) is 109 Å². The maximum absolute atomic E-state index is 12.3. The number of aryl methyl sites for hydroxylation is 1. The molecule has 1 aromatic heterocycles. The van der Waals surface area contributed by atoms with Crippen LogP contribution in [-0.4, -0.2) is 8.42 Å². The zero-order valence-electron chi connectivity index (χ0n) is 11.6. The number of benzene rings is 1. The molecule has 0 aliphatic carbocycles. The highest BCUT2D eigenvalue weighted by Gasteiger charge is 2.22. The Morgan fingerprint density at radius 3 is 2.57 bits per heavy atom. The minimum absolute atomic E-state index is 0.0318. The molecule has 0 aliphatic rings. The van der Waals surface area contributed by atoms with Crippen LogP contribution in [-0.2, 0) is 10.0 Å². The summed E-state index contributed by atoms with van der Waals surface area (Å²) in [5.74, 6) is 1.22. The molecule has 0 saturated heterocycles. The first-order valence-corrected chi connectivity index (χ1v) is 7.70. The van der Waals surface area contributed by atoms with Crippen molar-refractivity contribution in [1.82, 2.24) is 4.72 Å². The van der Waals surface area contributed by atoms with Crippen molar-refractivity contribution in [1.29, 1.82) is 5.26 Å². The third kappa shape index (κ3) is 3.24. The molecule has 1 unspecified atom stereocenters. The SMILES string of the molecule is Cc1ccc(C(C)NS(=O)(=O)c2ccc(C#N)cc2N)o1. The number of furan rings is 1. The van der Waals surface area contributed by atoms with Crippen LogP contribution in [0.15, 0.2) is 39.6 Å². The zero-order chi connectivity index (χ0) is 15.6. The Kier molecular flexibility index (Phi) is 4.02. The van der Waals surface area contributed by atoms with Crippen LogP contribution in [0.25, 0.3) is 0 Å². The van der Waals surface area contributed by atoms with Crippen LogP contribution in [0.3, 0.4) is 0 Å². The largest absolute Gasteiger partial charge is 0.465 e. The molecule has 0 saturated carbocycles. The van der Waals surface area contributed by atoms with Gasteiger partial charge in [-0.2, -0.15) is 5.26 Å². The molecule has 0 aliphatic heterocycles. The second-order valence-electron chi connectivity index (χ2n) is 4.66. The van der Waals surface area contributed by atoms with Crippen molar-refractivity contribution >= 4 is 15.7 Å². The minimum Gasteiger partial charge on any atom is -0.465 e. The highest BCUT2D eigenvalue weighted by molar-refractivity contribution is 7.89. The number of nitrogen functional groups attached to an aromatic ring is 1. The van der Waals surface area contributed by atoms with Gasteiger partial charge in [0.15, 0.2) is 0 Å². The summed E-state index contributed by atoms with van der Waals surface area (Å²) in [6.45, 7) is 3.46. The van der Waals surface area contributed by atoms with Gasteiger partial charge in [-0.25, -0.2) is 13.1 Å². The first kappa shape index (κ1) is 15.1. The van der Waals surface area contributed by atoms with E-state index in [1.807, 2.05) is 6.07 Å². The number of rotatable bonds is 4. The molecule has 0 fully saturated rings. The van der Waals surface area contributed by atoms with Gasteiger partial charge >= 0.3 is 0 Å². The van der Waals surface area contributed by atoms with Gasteiger partial charge in [0, 0.05) is 0 Å². The Labute approximate surface area is 123 Å². The standard InChI is InChI=1S/C14H15N3O3S/c1-9-3-5-13(20-9)10(2)17-21(18,19)14-6-4-11(8-15)7-12(14)16/h3-7,10,17H,16H2,1-2H3. The van der Waals surface area contributed by atoms with Gasteiger partial charge in [-0.1, -0.05) is 0 Å². The van der Waals surface area contributed by atoms with E-state index in [0.717, 1.165) is 0 Å². The quantitative estimate of drug-likeness (QED) is 0.840. The van der Waals surface area contributed by atoms with E-state index < -0.39 is 16.1 Å². The van der Waals surface area contributed by atoms with Crippen LogP contribution in [0.2, 0.25) is 0 Å². The molecule has 1 heterocycles. The van der Waals surface area contributed by atoms with Gasteiger partial charge in [0.05, 0.1) is 23.4 Å². The lowest BCUT2D eigenvalue weighted by atomic mass is 10.2. The summed E-state index contributed by atoms with van der Waals surface area (Å²) in [4.78, 5) is -0.0587. The molecule has 21 heavy (non-hydrogen) atoms. The predicted molar refractivity (Wildman–Crippen MR) is 77.8 cm³/mol. The van der Waals surface area contributed by atoms with E-state index in [4.69, 9.17) is 15.4 Å². The maximum atomic E-state index is 12.3. The van der Waals surface area contributed by atoms with Crippen LogP contribution in [0.4, 0.5) is 5.69 Å². The molecule has 0 spiro atoms. The summed E-state index contributed by atoms with van der Waals surface area (Å²) in [6, 6.07) is 8.90. The van der Waals surface area contributed by atoms with Gasteiger partial charge in [-0.15, -0.1) is 0 Å². The number of sulfonamides is 1. The summed E-state index contributed by atoms with van der Waals surface area (Å²) in [5, 5.41) is 8.77. The number of nitrogens with two attached hydrogens (primary N) is 1. The van der Waals surface area contributed by atoms with Crippen molar-refractivity contribution in [2.24, 2.45) is 0 Å².